The standard InChI is InChI=1S/C32H40N2O6S2/c1-7-9-13-20-34-28-19-17-24(42(36,37)38)22-26(28)32(5,6)30(34)15-12-10-11-14-29-31(3,4)25-21-23(41-40-39-35)16-18-27(25)33(29)8-2/h10-12,14-19,21-22H,7-9,13,20H2,1-6H3,(H-,35,36,37,38)/p+1. The molecule has 2 N–H and O–H groups in total. The highest BCUT2D eigenvalue weighted by molar-refractivity contribution is 7.94. The van der Waals surface area contributed by atoms with Gasteiger partial charge in [-0.25, -0.2) is 5.26 Å². The molecule has 0 fully saturated rings. The van der Waals surface area contributed by atoms with Crippen LogP contribution in [-0.2, 0) is 30.3 Å². The minimum absolute atomic E-state index is 0.0831. The molecule has 0 atom stereocenters. The van der Waals surface area contributed by atoms with E-state index in [1.54, 1.807) is 12.1 Å². The van der Waals surface area contributed by atoms with Crippen molar-refractivity contribution < 1.29 is 32.2 Å². The Labute approximate surface area is 253 Å². The minimum Gasteiger partial charge on any atom is -0.344 e. The molecule has 2 aliphatic rings. The molecule has 0 spiro atoms. The van der Waals surface area contributed by atoms with Gasteiger partial charge in [-0.2, -0.15) is 13.0 Å². The summed E-state index contributed by atoms with van der Waals surface area (Å²) in [5.74, 6) is 0. The Morgan fingerprint density at radius 2 is 1.74 bits per heavy atom. The molecule has 0 bridgehead atoms. The number of allylic oxidation sites excluding steroid dienone is 6. The fourth-order valence-electron chi connectivity index (χ4n) is 6.03. The van der Waals surface area contributed by atoms with E-state index in [4.69, 9.17) is 5.26 Å². The Kier molecular flexibility index (Phi) is 9.86. The molecule has 4 rings (SSSR count). The van der Waals surface area contributed by atoms with E-state index >= 15 is 0 Å². The predicted octanol–water partition coefficient (Wildman–Crippen LogP) is 7.74. The number of nitrogens with zero attached hydrogens (tertiary/aromatic N) is 2. The summed E-state index contributed by atoms with van der Waals surface area (Å²) in [7, 11) is -4.30. The van der Waals surface area contributed by atoms with E-state index in [0.717, 1.165) is 71.9 Å². The maximum atomic E-state index is 11.9. The first-order valence-electron chi connectivity index (χ1n) is 14.3. The molecule has 0 radical (unpaired) electrons. The maximum Gasteiger partial charge on any atom is 0.294 e. The number of rotatable bonds is 12. The van der Waals surface area contributed by atoms with Crippen LogP contribution in [0.3, 0.4) is 0 Å². The van der Waals surface area contributed by atoms with Crippen molar-refractivity contribution in [3.8, 4) is 0 Å². The number of hydrogen-bond donors (Lipinski definition) is 2. The van der Waals surface area contributed by atoms with Crippen LogP contribution < -0.4 is 4.90 Å². The first-order valence-corrected chi connectivity index (χ1v) is 16.4. The first kappa shape index (κ1) is 32.2. The van der Waals surface area contributed by atoms with Crippen molar-refractivity contribution in [2.75, 3.05) is 18.0 Å². The number of fused-ring (bicyclic) bond motifs is 2. The molecule has 0 unspecified atom stereocenters. The van der Waals surface area contributed by atoms with E-state index < -0.39 is 15.5 Å². The van der Waals surface area contributed by atoms with Crippen molar-refractivity contribution >= 4 is 39.2 Å². The lowest BCUT2D eigenvalue weighted by Crippen LogP contribution is -2.27. The number of anilines is 1. The van der Waals surface area contributed by atoms with Gasteiger partial charge in [0.05, 0.1) is 22.4 Å². The summed E-state index contributed by atoms with van der Waals surface area (Å²) in [6.45, 7) is 14.5. The molecule has 2 aliphatic heterocycles. The van der Waals surface area contributed by atoms with Crippen molar-refractivity contribution in [1.29, 1.82) is 0 Å². The summed E-state index contributed by atoms with van der Waals surface area (Å²) >= 11 is 0.955. The summed E-state index contributed by atoms with van der Waals surface area (Å²) in [5, 5.41) is 12.3. The van der Waals surface area contributed by atoms with Crippen LogP contribution in [0.2, 0.25) is 0 Å². The zero-order chi connectivity index (χ0) is 30.7. The van der Waals surface area contributed by atoms with Gasteiger partial charge < -0.3 is 4.90 Å². The van der Waals surface area contributed by atoms with E-state index in [-0.39, 0.29) is 10.3 Å². The average Bonchev–Trinajstić information content (AvgIpc) is 3.29. The second-order valence-electron chi connectivity index (χ2n) is 11.6. The molecule has 0 aromatic heterocycles. The third kappa shape index (κ3) is 6.29. The number of hydrogen-bond acceptors (Lipinski definition) is 7. The third-order valence-corrected chi connectivity index (χ3v) is 9.64. The van der Waals surface area contributed by atoms with E-state index in [0.29, 0.717) is 0 Å². The van der Waals surface area contributed by atoms with E-state index in [1.807, 2.05) is 24.3 Å². The highest BCUT2D eigenvalue weighted by Crippen LogP contribution is 2.48. The van der Waals surface area contributed by atoms with Crippen molar-refractivity contribution in [3.63, 3.8) is 0 Å². The van der Waals surface area contributed by atoms with Crippen LogP contribution in [0, 0.1) is 0 Å². The predicted molar refractivity (Wildman–Crippen MR) is 168 cm³/mol. The summed E-state index contributed by atoms with van der Waals surface area (Å²) in [4.78, 5) is 3.02. The van der Waals surface area contributed by atoms with Gasteiger partial charge in [0.2, 0.25) is 5.69 Å². The second-order valence-corrected chi connectivity index (χ2v) is 13.8. The highest BCUT2D eigenvalue weighted by Gasteiger charge is 2.44. The second kappa shape index (κ2) is 12.9. The average molecular weight is 614 g/mol. The van der Waals surface area contributed by atoms with Gasteiger partial charge in [-0.3, -0.25) is 4.55 Å². The molecule has 42 heavy (non-hydrogen) atoms. The molecule has 226 valence electrons. The molecular weight excluding hydrogens is 572 g/mol. The van der Waals surface area contributed by atoms with Crippen LogP contribution >= 0.6 is 12.0 Å². The summed E-state index contributed by atoms with van der Waals surface area (Å²) in [6, 6.07) is 10.9. The normalized spacial score (nSPS) is 18.6. The summed E-state index contributed by atoms with van der Waals surface area (Å²) < 4.78 is 40.3. The lowest BCUT2D eigenvalue weighted by atomic mass is 9.81. The van der Waals surface area contributed by atoms with Crippen LogP contribution in [0.5, 0.6) is 0 Å². The van der Waals surface area contributed by atoms with Gasteiger partial charge in [-0.05, 0) is 69.2 Å². The third-order valence-electron chi connectivity index (χ3n) is 8.22. The SMILES string of the molecule is CCCCCN1/C(=C/C=C/C=C/C2=[N+](CC)c3ccc(SOOO)cc3C2(C)C)C(C)(C)c2cc(S(=O)(=O)O)ccc21. The van der Waals surface area contributed by atoms with Gasteiger partial charge in [-0.15, -0.1) is 4.33 Å². The molecule has 0 amide bonds. The summed E-state index contributed by atoms with van der Waals surface area (Å²) in [6.07, 6.45) is 13.6. The number of unbranched alkanes of at least 4 members (excludes halogenated alkanes) is 2. The van der Waals surface area contributed by atoms with Gasteiger partial charge in [-0.1, -0.05) is 56.9 Å². The zero-order valence-electron chi connectivity index (χ0n) is 25.1. The topological polar surface area (TPSA) is 99.3 Å². The van der Waals surface area contributed by atoms with Gasteiger partial charge in [0, 0.05) is 45.9 Å². The van der Waals surface area contributed by atoms with Crippen LogP contribution in [0.25, 0.3) is 0 Å². The van der Waals surface area contributed by atoms with Crippen molar-refractivity contribution in [3.05, 3.63) is 83.6 Å². The smallest absolute Gasteiger partial charge is 0.294 e. The van der Waals surface area contributed by atoms with E-state index in [9.17, 15) is 13.0 Å². The van der Waals surface area contributed by atoms with Crippen LogP contribution in [-0.4, -0.2) is 41.6 Å². The van der Waals surface area contributed by atoms with Gasteiger partial charge in [0.25, 0.3) is 10.1 Å². The Morgan fingerprint density at radius 1 is 0.976 bits per heavy atom. The van der Waals surface area contributed by atoms with Gasteiger partial charge in [0.15, 0.2) is 5.71 Å². The summed E-state index contributed by atoms with van der Waals surface area (Å²) in [5.41, 5.74) is 5.73. The highest BCUT2D eigenvalue weighted by atomic mass is 32.2. The van der Waals surface area contributed by atoms with Crippen molar-refractivity contribution in [2.45, 2.75) is 81.4 Å². The quantitative estimate of drug-likeness (QED) is 0.0477. The Bertz CT molecular complexity index is 1550. The van der Waals surface area contributed by atoms with Gasteiger partial charge >= 0.3 is 0 Å². The monoisotopic (exact) mass is 613 g/mol. The molecule has 0 saturated carbocycles. The van der Waals surface area contributed by atoms with Crippen molar-refractivity contribution in [2.24, 2.45) is 0 Å². The van der Waals surface area contributed by atoms with Crippen LogP contribution in [0.4, 0.5) is 11.4 Å². The van der Waals surface area contributed by atoms with Gasteiger partial charge in [0.1, 0.15) is 6.54 Å². The fourth-order valence-corrected chi connectivity index (χ4v) is 6.94. The molecule has 2 aromatic carbocycles. The minimum atomic E-state index is -4.30. The zero-order valence-corrected chi connectivity index (χ0v) is 26.8. The van der Waals surface area contributed by atoms with E-state index in [1.165, 1.54) is 17.3 Å². The van der Waals surface area contributed by atoms with Crippen LogP contribution in [0.1, 0.15) is 71.9 Å². The molecule has 2 heterocycles. The lowest BCUT2D eigenvalue weighted by Gasteiger charge is -2.27. The molecule has 0 aliphatic carbocycles. The van der Waals surface area contributed by atoms with Crippen LogP contribution in [0.15, 0.2) is 82.3 Å². The van der Waals surface area contributed by atoms with Crippen molar-refractivity contribution in [1.82, 2.24) is 0 Å². The Morgan fingerprint density at radius 3 is 2.40 bits per heavy atom. The molecular formula is C32H41N2O6S2+. The molecule has 8 nitrogen and oxygen atoms in total. The maximum absolute atomic E-state index is 11.9. The van der Waals surface area contributed by atoms with E-state index in [2.05, 4.69) is 84.7 Å². The fraction of sp³-hybridized carbons (Fsp3) is 0.406. The largest absolute Gasteiger partial charge is 0.344 e. The lowest BCUT2D eigenvalue weighted by molar-refractivity contribution is -0.433. The number of benzene rings is 2. The first-order chi connectivity index (χ1) is 19.9. The Balaban J connectivity index is 1.62. The molecule has 10 heteroatoms. The Hall–Kier alpha value is -2.73. The molecule has 0 saturated heterocycles. The molecule has 2 aromatic rings.